The Morgan fingerprint density at radius 1 is 0.842 bits per heavy atom. The molecule has 0 radical (unpaired) electrons. The molecule has 0 saturated heterocycles. The summed E-state index contributed by atoms with van der Waals surface area (Å²) in [6, 6.07) is 10.6. The van der Waals surface area contributed by atoms with Crippen LogP contribution in [0.1, 0.15) is 33.2 Å². The van der Waals surface area contributed by atoms with Crippen LogP contribution in [0.25, 0.3) is 0 Å². The van der Waals surface area contributed by atoms with Crippen molar-refractivity contribution in [2.45, 2.75) is 26.1 Å². The summed E-state index contributed by atoms with van der Waals surface area (Å²) < 4.78 is 2.13. The summed E-state index contributed by atoms with van der Waals surface area (Å²) in [7, 11) is 0. The molecule has 0 aliphatic carbocycles. The zero-order chi connectivity index (χ0) is 14.2. The van der Waals surface area contributed by atoms with Crippen molar-refractivity contribution >= 4 is 43.5 Å². The quantitative estimate of drug-likeness (QED) is 0.505. The van der Waals surface area contributed by atoms with Gasteiger partial charge in [-0.2, -0.15) is 0 Å². The number of rotatable bonds is 2. The second-order valence-corrected chi connectivity index (χ2v) is 6.99. The van der Waals surface area contributed by atoms with Crippen molar-refractivity contribution in [3.8, 4) is 0 Å². The van der Waals surface area contributed by atoms with E-state index in [4.69, 9.17) is 11.6 Å². The van der Waals surface area contributed by atoms with Crippen LogP contribution in [0.5, 0.6) is 0 Å². The molecule has 0 spiro atoms. The Balaban J connectivity index is 2.52. The van der Waals surface area contributed by atoms with Gasteiger partial charge in [0, 0.05) is 8.95 Å². The fourth-order valence-electron chi connectivity index (χ4n) is 2.06. The maximum atomic E-state index is 6.69. The topological polar surface area (TPSA) is 0 Å². The molecule has 2 aromatic rings. The minimum atomic E-state index is -0.147. The molecule has 19 heavy (non-hydrogen) atoms. The van der Waals surface area contributed by atoms with E-state index in [0.29, 0.717) is 0 Å². The molecule has 0 nitrogen and oxygen atoms in total. The molecule has 0 amide bonds. The van der Waals surface area contributed by atoms with E-state index >= 15 is 0 Å². The van der Waals surface area contributed by atoms with Gasteiger partial charge >= 0.3 is 0 Å². The zero-order valence-electron chi connectivity index (χ0n) is 11.1. The molecular formula is C16H15Br2Cl. The Labute approximate surface area is 136 Å². The largest absolute Gasteiger partial charge is 0.113 e. The molecule has 0 aliphatic heterocycles. The van der Waals surface area contributed by atoms with E-state index in [9.17, 15) is 0 Å². The minimum Gasteiger partial charge on any atom is -0.113 e. The number of aryl methyl sites for hydroxylation is 3. The van der Waals surface area contributed by atoms with Gasteiger partial charge in [-0.15, -0.1) is 11.6 Å². The van der Waals surface area contributed by atoms with Gasteiger partial charge in [0.15, 0.2) is 0 Å². The van der Waals surface area contributed by atoms with Gasteiger partial charge in [0.1, 0.15) is 0 Å². The summed E-state index contributed by atoms with van der Waals surface area (Å²) in [4.78, 5) is 0. The standard InChI is InChI=1S/C16H15Br2Cl/c1-9-4-5-10(2)12(6-9)16(19)13-8-14(17)11(3)7-15(13)18/h4-8,16H,1-3H3. The van der Waals surface area contributed by atoms with E-state index in [1.807, 2.05) is 0 Å². The van der Waals surface area contributed by atoms with E-state index in [2.05, 4.69) is 83.0 Å². The first-order chi connectivity index (χ1) is 8.90. The van der Waals surface area contributed by atoms with Crippen molar-refractivity contribution in [1.82, 2.24) is 0 Å². The highest BCUT2D eigenvalue weighted by Crippen LogP contribution is 2.38. The smallest absolute Gasteiger partial charge is 0.0849 e. The van der Waals surface area contributed by atoms with E-state index in [0.717, 1.165) is 20.1 Å². The van der Waals surface area contributed by atoms with Gasteiger partial charge in [-0.1, -0.05) is 55.6 Å². The third kappa shape index (κ3) is 3.24. The van der Waals surface area contributed by atoms with E-state index in [-0.39, 0.29) is 5.38 Å². The van der Waals surface area contributed by atoms with E-state index in [1.165, 1.54) is 16.7 Å². The predicted octanol–water partition coefficient (Wildman–Crippen LogP) is 6.47. The Morgan fingerprint density at radius 3 is 2.21 bits per heavy atom. The molecule has 0 heterocycles. The van der Waals surface area contributed by atoms with Gasteiger partial charge in [0.05, 0.1) is 5.38 Å². The van der Waals surface area contributed by atoms with Gasteiger partial charge in [0.2, 0.25) is 0 Å². The summed E-state index contributed by atoms with van der Waals surface area (Å²) in [6.07, 6.45) is 0. The number of hydrogen-bond donors (Lipinski definition) is 0. The third-order valence-electron chi connectivity index (χ3n) is 3.26. The van der Waals surface area contributed by atoms with Crippen LogP contribution >= 0.6 is 43.5 Å². The molecule has 0 saturated carbocycles. The van der Waals surface area contributed by atoms with Gasteiger partial charge < -0.3 is 0 Å². The maximum Gasteiger partial charge on any atom is 0.0849 e. The number of halogens is 3. The molecule has 3 heteroatoms. The van der Waals surface area contributed by atoms with Gasteiger partial charge in [-0.25, -0.2) is 0 Å². The second kappa shape index (κ2) is 5.99. The maximum absolute atomic E-state index is 6.69. The normalized spacial score (nSPS) is 12.5. The Kier molecular flexibility index (Phi) is 4.75. The SMILES string of the molecule is Cc1ccc(C)c(C(Cl)c2cc(Br)c(C)cc2Br)c1. The van der Waals surface area contributed by atoms with Crippen molar-refractivity contribution in [3.05, 3.63) is 67.1 Å². The first kappa shape index (κ1) is 15.1. The van der Waals surface area contributed by atoms with Gasteiger partial charge in [-0.3, -0.25) is 0 Å². The molecule has 2 rings (SSSR count). The van der Waals surface area contributed by atoms with E-state index < -0.39 is 0 Å². The highest BCUT2D eigenvalue weighted by atomic mass is 79.9. The lowest BCUT2D eigenvalue weighted by Gasteiger charge is -2.17. The molecule has 0 N–H and O–H groups in total. The van der Waals surface area contributed by atoms with Crippen LogP contribution in [0, 0.1) is 20.8 Å². The zero-order valence-corrected chi connectivity index (χ0v) is 15.0. The van der Waals surface area contributed by atoms with Crippen LogP contribution in [-0.2, 0) is 0 Å². The van der Waals surface area contributed by atoms with Crippen LogP contribution in [0.15, 0.2) is 39.3 Å². The molecule has 0 aliphatic rings. The summed E-state index contributed by atoms with van der Waals surface area (Å²) in [6.45, 7) is 6.26. The molecule has 0 bridgehead atoms. The molecule has 100 valence electrons. The van der Waals surface area contributed by atoms with Crippen molar-refractivity contribution in [2.24, 2.45) is 0 Å². The van der Waals surface area contributed by atoms with Crippen molar-refractivity contribution < 1.29 is 0 Å². The van der Waals surface area contributed by atoms with Crippen LogP contribution in [0.3, 0.4) is 0 Å². The average Bonchev–Trinajstić information content (AvgIpc) is 2.36. The molecular weight excluding hydrogens is 387 g/mol. The lowest BCUT2D eigenvalue weighted by molar-refractivity contribution is 1.09. The Morgan fingerprint density at radius 2 is 1.53 bits per heavy atom. The van der Waals surface area contributed by atoms with Gasteiger partial charge in [0.25, 0.3) is 0 Å². The number of alkyl halides is 1. The molecule has 1 unspecified atom stereocenters. The van der Waals surface area contributed by atoms with Gasteiger partial charge in [-0.05, 0) is 55.2 Å². The first-order valence-electron chi connectivity index (χ1n) is 6.07. The van der Waals surface area contributed by atoms with Crippen molar-refractivity contribution in [2.75, 3.05) is 0 Å². The summed E-state index contributed by atoms with van der Waals surface area (Å²) >= 11 is 13.9. The van der Waals surface area contributed by atoms with Crippen LogP contribution in [0.2, 0.25) is 0 Å². The van der Waals surface area contributed by atoms with Crippen LogP contribution < -0.4 is 0 Å². The first-order valence-corrected chi connectivity index (χ1v) is 8.09. The summed E-state index contributed by atoms with van der Waals surface area (Å²) in [5, 5.41) is -0.147. The minimum absolute atomic E-state index is 0.147. The summed E-state index contributed by atoms with van der Waals surface area (Å²) in [5.74, 6) is 0. The Hall–Kier alpha value is -0.310. The average molecular weight is 403 g/mol. The van der Waals surface area contributed by atoms with Crippen LogP contribution in [-0.4, -0.2) is 0 Å². The molecule has 0 aromatic heterocycles. The van der Waals surface area contributed by atoms with Crippen molar-refractivity contribution in [1.29, 1.82) is 0 Å². The number of benzene rings is 2. The van der Waals surface area contributed by atoms with Crippen LogP contribution in [0.4, 0.5) is 0 Å². The monoisotopic (exact) mass is 400 g/mol. The molecule has 0 fully saturated rings. The Bertz CT molecular complexity index is 620. The fraction of sp³-hybridized carbons (Fsp3) is 0.250. The molecule has 2 aromatic carbocycles. The lowest BCUT2D eigenvalue weighted by Crippen LogP contribution is -1.99. The van der Waals surface area contributed by atoms with Crippen molar-refractivity contribution in [3.63, 3.8) is 0 Å². The highest BCUT2D eigenvalue weighted by Gasteiger charge is 2.17. The second-order valence-electron chi connectivity index (χ2n) is 4.85. The third-order valence-corrected chi connectivity index (χ3v) is 5.27. The lowest BCUT2D eigenvalue weighted by atomic mass is 9.97. The van der Waals surface area contributed by atoms with E-state index in [1.54, 1.807) is 0 Å². The summed E-state index contributed by atoms with van der Waals surface area (Å²) in [5.41, 5.74) is 5.90. The predicted molar refractivity (Wildman–Crippen MR) is 90.2 cm³/mol. The fourth-order valence-corrected chi connectivity index (χ4v) is 3.65. The highest BCUT2D eigenvalue weighted by molar-refractivity contribution is 9.11. The molecule has 1 atom stereocenters. The number of hydrogen-bond acceptors (Lipinski definition) is 0.